The maximum atomic E-state index is 12.4. The Hall–Kier alpha value is -2.63. The third-order valence-electron chi connectivity index (χ3n) is 4.81. The lowest BCUT2D eigenvalue weighted by Crippen LogP contribution is -2.48. The molecule has 2 heterocycles. The highest BCUT2D eigenvalue weighted by molar-refractivity contribution is 5.83. The molecule has 0 aliphatic carbocycles. The Labute approximate surface area is 146 Å². The normalized spacial score (nSPS) is 14.8. The molecule has 2 aromatic rings. The molecule has 132 valence electrons. The van der Waals surface area contributed by atoms with Crippen LogP contribution in [0.5, 0.6) is 0 Å². The van der Waals surface area contributed by atoms with Crippen LogP contribution in [0.25, 0.3) is 10.9 Å². The van der Waals surface area contributed by atoms with Crippen LogP contribution in [0.2, 0.25) is 0 Å². The fourth-order valence-corrected chi connectivity index (χ4v) is 3.38. The molecular weight excluding hydrogens is 318 g/mol. The molecule has 25 heavy (non-hydrogen) atoms. The number of carbonyl (C=O) groups is 2. The minimum absolute atomic E-state index is 0.0330. The largest absolute Gasteiger partial charge is 0.342 e. The van der Waals surface area contributed by atoms with Crippen molar-refractivity contribution in [3.63, 3.8) is 0 Å². The molecule has 3 rings (SSSR count). The van der Waals surface area contributed by atoms with Crippen LogP contribution in [-0.4, -0.2) is 53.3 Å². The van der Waals surface area contributed by atoms with E-state index >= 15 is 0 Å². The Morgan fingerprint density at radius 2 is 1.88 bits per heavy atom. The van der Waals surface area contributed by atoms with Crippen LogP contribution in [0.3, 0.4) is 0 Å². The molecule has 1 aromatic heterocycles. The summed E-state index contributed by atoms with van der Waals surface area (Å²) >= 11 is 0. The van der Waals surface area contributed by atoms with E-state index in [-0.39, 0.29) is 11.5 Å². The number of amides is 2. The van der Waals surface area contributed by atoms with Crippen molar-refractivity contribution in [2.45, 2.75) is 26.7 Å². The van der Waals surface area contributed by atoms with Gasteiger partial charge in [-0.3, -0.25) is 14.4 Å². The molecule has 1 saturated heterocycles. The van der Waals surface area contributed by atoms with Gasteiger partial charge in [-0.1, -0.05) is 6.07 Å². The molecule has 6 nitrogen and oxygen atoms in total. The van der Waals surface area contributed by atoms with Crippen molar-refractivity contribution < 1.29 is 9.59 Å². The number of fused-ring (bicyclic) bond motifs is 1. The molecular formula is C19H23N3O3. The smallest absolute Gasteiger partial charge is 0.251 e. The zero-order chi connectivity index (χ0) is 18.0. The molecule has 0 saturated carbocycles. The van der Waals surface area contributed by atoms with Crippen molar-refractivity contribution in [2.75, 3.05) is 26.2 Å². The molecule has 0 bridgehead atoms. The molecule has 0 spiro atoms. The highest BCUT2D eigenvalue weighted by atomic mass is 16.2. The van der Waals surface area contributed by atoms with Crippen LogP contribution in [0, 0.1) is 13.8 Å². The summed E-state index contributed by atoms with van der Waals surface area (Å²) in [6.07, 6.45) is 1.55. The standard InChI is InChI=1S/C19H23N3O3/c1-13-9-14(2)16-11-15(19(25)20-17(16)10-13)3-4-18(24)22-7-5-21(12-23)6-8-22/h9-12H,3-8H2,1-2H3,(H,20,25). The van der Waals surface area contributed by atoms with E-state index in [4.69, 9.17) is 0 Å². The predicted molar refractivity (Wildman–Crippen MR) is 96.6 cm³/mol. The van der Waals surface area contributed by atoms with E-state index < -0.39 is 0 Å². The first-order chi connectivity index (χ1) is 12.0. The average Bonchev–Trinajstić information content (AvgIpc) is 2.60. The summed E-state index contributed by atoms with van der Waals surface area (Å²) in [5, 5.41) is 1.02. The van der Waals surface area contributed by atoms with Crippen LogP contribution in [0.4, 0.5) is 0 Å². The lowest BCUT2D eigenvalue weighted by atomic mass is 10.0. The monoisotopic (exact) mass is 341 g/mol. The van der Waals surface area contributed by atoms with E-state index in [1.54, 1.807) is 9.80 Å². The van der Waals surface area contributed by atoms with E-state index in [2.05, 4.69) is 11.1 Å². The topological polar surface area (TPSA) is 73.5 Å². The van der Waals surface area contributed by atoms with E-state index in [0.29, 0.717) is 44.6 Å². The van der Waals surface area contributed by atoms with Crippen molar-refractivity contribution in [1.29, 1.82) is 0 Å². The zero-order valence-corrected chi connectivity index (χ0v) is 14.7. The van der Waals surface area contributed by atoms with Gasteiger partial charge in [-0.25, -0.2) is 0 Å². The Balaban J connectivity index is 1.71. The molecule has 0 radical (unpaired) electrons. The predicted octanol–water partition coefficient (Wildman–Crippen LogP) is 1.38. The molecule has 1 aliphatic heterocycles. The van der Waals surface area contributed by atoms with Gasteiger partial charge in [0, 0.05) is 49.1 Å². The third kappa shape index (κ3) is 3.73. The summed E-state index contributed by atoms with van der Waals surface area (Å²) in [4.78, 5) is 41.8. The Morgan fingerprint density at radius 1 is 1.16 bits per heavy atom. The number of hydrogen-bond donors (Lipinski definition) is 1. The lowest BCUT2D eigenvalue weighted by molar-refractivity contribution is -0.135. The van der Waals surface area contributed by atoms with Gasteiger partial charge in [0.25, 0.3) is 5.56 Å². The number of nitrogens with one attached hydrogen (secondary N) is 1. The minimum Gasteiger partial charge on any atom is -0.342 e. The van der Waals surface area contributed by atoms with E-state index in [0.717, 1.165) is 28.4 Å². The summed E-state index contributed by atoms with van der Waals surface area (Å²) < 4.78 is 0. The van der Waals surface area contributed by atoms with Gasteiger partial charge < -0.3 is 14.8 Å². The number of aromatic nitrogens is 1. The van der Waals surface area contributed by atoms with Crippen LogP contribution in [0.1, 0.15) is 23.1 Å². The fraction of sp³-hybridized carbons (Fsp3) is 0.421. The first kappa shape index (κ1) is 17.2. The molecule has 1 fully saturated rings. The van der Waals surface area contributed by atoms with Crippen molar-refractivity contribution in [3.05, 3.63) is 45.2 Å². The van der Waals surface area contributed by atoms with E-state index in [1.165, 1.54) is 0 Å². The second-order valence-corrected chi connectivity index (χ2v) is 6.69. The number of hydrogen-bond acceptors (Lipinski definition) is 3. The van der Waals surface area contributed by atoms with Gasteiger partial charge in [0.1, 0.15) is 0 Å². The lowest BCUT2D eigenvalue weighted by Gasteiger charge is -2.32. The van der Waals surface area contributed by atoms with E-state index in [1.807, 2.05) is 26.0 Å². The summed E-state index contributed by atoms with van der Waals surface area (Å²) in [6, 6.07) is 5.95. The van der Waals surface area contributed by atoms with Crippen LogP contribution >= 0.6 is 0 Å². The Morgan fingerprint density at radius 3 is 2.56 bits per heavy atom. The van der Waals surface area contributed by atoms with Gasteiger partial charge in [-0.15, -0.1) is 0 Å². The van der Waals surface area contributed by atoms with Gasteiger partial charge in [-0.2, -0.15) is 0 Å². The summed E-state index contributed by atoms with van der Waals surface area (Å²) in [7, 11) is 0. The van der Waals surface area contributed by atoms with Crippen molar-refractivity contribution in [2.24, 2.45) is 0 Å². The molecule has 0 atom stereocenters. The summed E-state index contributed by atoms with van der Waals surface area (Å²) in [5.74, 6) is 0.0330. The number of aryl methyl sites for hydroxylation is 3. The number of rotatable bonds is 4. The van der Waals surface area contributed by atoms with E-state index in [9.17, 15) is 14.4 Å². The van der Waals surface area contributed by atoms with Gasteiger partial charge in [0.2, 0.25) is 12.3 Å². The number of nitrogens with zero attached hydrogens (tertiary/aromatic N) is 2. The first-order valence-electron chi connectivity index (χ1n) is 8.58. The third-order valence-corrected chi connectivity index (χ3v) is 4.81. The number of carbonyl (C=O) groups excluding carboxylic acids is 2. The maximum absolute atomic E-state index is 12.4. The summed E-state index contributed by atoms with van der Waals surface area (Å²) in [6.45, 7) is 6.29. The molecule has 0 unspecified atom stereocenters. The second-order valence-electron chi connectivity index (χ2n) is 6.69. The second kappa shape index (κ2) is 7.09. The SMILES string of the molecule is Cc1cc(C)c2cc(CCC(=O)N3CCN(C=O)CC3)c(=O)[nH]c2c1. The quantitative estimate of drug-likeness (QED) is 0.854. The maximum Gasteiger partial charge on any atom is 0.251 e. The van der Waals surface area contributed by atoms with Crippen molar-refractivity contribution in [3.8, 4) is 0 Å². The average molecular weight is 341 g/mol. The molecule has 1 N–H and O–H groups in total. The summed E-state index contributed by atoms with van der Waals surface area (Å²) in [5.41, 5.74) is 3.57. The Bertz CT molecular complexity index is 864. The van der Waals surface area contributed by atoms with Crippen molar-refractivity contribution in [1.82, 2.24) is 14.8 Å². The van der Waals surface area contributed by atoms with Crippen LogP contribution in [-0.2, 0) is 16.0 Å². The Kier molecular flexibility index (Phi) is 4.88. The number of pyridine rings is 1. The molecule has 1 aliphatic rings. The fourth-order valence-electron chi connectivity index (χ4n) is 3.38. The number of piperazine rings is 1. The number of benzene rings is 1. The van der Waals surface area contributed by atoms with Gasteiger partial charge in [0.15, 0.2) is 0 Å². The molecule has 1 aromatic carbocycles. The number of aromatic amines is 1. The minimum atomic E-state index is -0.129. The van der Waals surface area contributed by atoms with Crippen LogP contribution < -0.4 is 5.56 Å². The van der Waals surface area contributed by atoms with Gasteiger partial charge in [0.05, 0.1) is 0 Å². The zero-order valence-electron chi connectivity index (χ0n) is 14.7. The highest BCUT2D eigenvalue weighted by Crippen LogP contribution is 2.19. The number of H-pyrrole nitrogens is 1. The van der Waals surface area contributed by atoms with Gasteiger partial charge in [-0.05, 0) is 43.5 Å². The molecule has 2 amide bonds. The highest BCUT2D eigenvalue weighted by Gasteiger charge is 2.20. The van der Waals surface area contributed by atoms with Crippen molar-refractivity contribution >= 4 is 23.2 Å². The first-order valence-corrected chi connectivity index (χ1v) is 8.58. The molecule has 6 heteroatoms. The van der Waals surface area contributed by atoms with Gasteiger partial charge >= 0.3 is 0 Å². The van der Waals surface area contributed by atoms with Crippen LogP contribution in [0.15, 0.2) is 23.0 Å².